The van der Waals surface area contributed by atoms with E-state index < -0.39 is 0 Å². The van der Waals surface area contributed by atoms with Gasteiger partial charge in [-0.25, -0.2) is 4.99 Å². The smallest absolute Gasteiger partial charge is 0.231 e. The van der Waals surface area contributed by atoms with Crippen molar-refractivity contribution in [2.24, 2.45) is 4.99 Å². The predicted molar refractivity (Wildman–Crippen MR) is 91.8 cm³/mol. The normalized spacial score (nSPS) is 11.2. The lowest BCUT2D eigenvalue weighted by atomic mass is 10.1. The molecule has 23 heavy (non-hydrogen) atoms. The topological polar surface area (TPSA) is 78.6 Å². The molecule has 0 spiro atoms. The van der Waals surface area contributed by atoms with Crippen LogP contribution in [0, 0.1) is 13.8 Å². The zero-order valence-electron chi connectivity index (χ0n) is 12.7. The highest BCUT2D eigenvalue weighted by molar-refractivity contribution is 7.18. The lowest BCUT2D eigenvalue weighted by molar-refractivity contribution is 0.404. The number of nitrogens with zero attached hydrogens (tertiary/aromatic N) is 3. The van der Waals surface area contributed by atoms with Gasteiger partial charge in [-0.3, -0.25) is 0 Å². The third kappa shape index (κ3) is 3.37. The molecule has 0 aliphatic carbocycles. The number of hydrogen-bond donors (Lipinski definition) is 2. The van der Waals surface area contributed by atoms with Crippen LogP contribution in [0.4, 0.5) is 5.13 Å². The summed E-state index contributed by atoms with van der Waals surface area (Å²) in [5.41, 5.74) is 4.15. The number of hydrogen-bond acceptors (Lipinski definition) is 6. The van der Waals surface area contributed by atoms with Crippen molar-refractivity contribution in [3.63, 3.8) is 0 Å². The van der Waals surface area contributed by atoms with Crippen LogP contribution in [0.5, 0.6) is 11.5 Å². The summed E-state index contributed by atoms with van der Waals surface area (Å²) in [6.07, 6.45) is 1.75. The van der Waals surface area contributed by atoms with E-state index in [1.165, 1.54) is 34.6 Å². The first-order valence-corrected chi connectivity index (χ1v) is 7.82. The summed E-state index contributed by atoms with van der Waals surface area (Å²) >= 11 is 1.31. The van der Waals surface area contributed by atoms with Crippen LogP contribution in [-0.2, 0) is 0 Å². The average Bonchev–Trinajstić information content (AvgIpc) is 3.00. The van der Waals surface area contributed by atoms with E-state index in [0.717, 1.165) is 5.56 Å². The van der Waals surface area contributed by atoms with Gasteiger partial charge in [0.25, 0.3) is 0 Å². The summed E-state index contributed by atoms with van der Waals surface area (Å²) in [5.74, 6) is -0.343. The Morgan fingerprint density at radius 1 is 0.957 bits per heavy atom. The van der Waals surface area contributed by atoms with Crippen LogP contribution in [0.25, 0.3) is 10.6 Å². The van der Waals surface area contributed by atoms with E-state index in [1.807, 2.05) is 6.07 Å². The number of aryl methyl sites for hydroxylation is 2. The molecule has 0 unspecified atom stereocenters. The predicted octanol–water partition coefficient (Wildman–Crippen LogP) is 3.98. The minimum Gasteiger partial charge on any atom is -0.504 e. The van der Waals surface area contributed by atoms with Crippen molar-refractivity contribution in [2.75, 3.05) is 0 Å². The van der Waals surface area contributed by atoms with Gasteiger partial charge in [0, 0.05) is 11.8 Å². The summed E-state index contributed by atoms with van der Waals surface area (Å²) in [5, 5.41) is 28.1. The number of aromatic nitrogens is 2. The van der Waals surface area contributed by atoms with Crippen LogP contribution in [0.1, 0.15) is 16.7 Å². The van der Waals surface area contributed by atoms with E-state index in [2.05, 4.69) is 41.2 Å². The van der Waals surface area contributed by atoms with Crippen LogP contribution in [0.15, 0.2) is 41.4 Å². The molecule has 1 aromatic heterocycles. The monoisotopic (exact) mass is 325 g/mol. The molecule has 3 rings (SSSR count). The summed E-state index contributed by atoms with van der Waals surface area (Å²) in [7, 11) is 0. The molecule has 2 N–H and O–H groups in total. The van der Waals surface area contributed by atoms with Gasteiger partial charge in [0.15, 0.2) is 11.5 Å². The van der Waals surface area contributed by atoms with Gasteiger partial charge in [0.05, 0.1) is 0 Å². The fraction of sp³-hybridized carbons (Fsp3) is 0.118. The SMILES string of the molecule is Cc1ccc(C=Nc2nnc(-c3ccc(O)c(O)c3)s2)cc1C. The molecule has 5 nitrogen and oxygen atoms in total. The maximum absolute atomic E-state index is 9.55. The van der Waals surface area contributed by atoms with Gasteiger partial charge in [-0.1, -0.05) is 29.5 Å². The molecule has 0 atom stereocenters. The lowest BCUT2D eigenvalue weighted by Gasteiger charge is -1.99. The third-order valence-corrected chi connectivity index (χ3v) is 4.37. The Morgan fingerprint density at radius 2 is 1.78 bits per heavy atom. The average molecular weight is 325 g/mol. The van der Waals surface area contributed by atoms with E-state index in [-0.39, 0.29) is 11.5 Å². The second-order valence-electron chi connectivity index (χ2n) is 5.20. The highest BCUT2D eigenvalue weighted by atomic mass is 32.1. The first kappa shape index (κ1) is 15.2. The highest BCUT2D eigenvalue weighted by Gasteiger charge is 2.08. The van der Waals surface area contributed by atoms with E-state index in [4.69, 9.17) is 0 Å². The molecule has 3 aromatic rings. The Hall–Kier alpha value is -2.73. The van der Waals surface area contributed by atoms with Crippen LogP contribution < -0.4 is 0 Å². The zero-order valence-corrected chi connectivity index (χ0v) is 13.5. The van der Waals surface area contributed by atoms with Gasteiger partial charge < -0.3 is 10.2 Å². The van der Waals surface area contributed by atoms with E-state index >= 15 is 0 Å². The van der Waals surface area contributed by atoms with Crippen molar-refractivity contribution in [1.29, 1.82) is 0 Å². The molecule has 0 amide bonds. The van der Waals surface area contributed by atoms with Crippen LogP contribution >= 0.6 is 11.3 Å². The molecule has 1 heterocycles. The Balaban J connectivity index is 1.82. The molecule has 116 valence electrons. The minimum absolute atomic E-state index is 0.161. The maximum atomic E-state index is 9.55. The number of aromatic hydroxyl groups is 2. The fourth-order valence-electron chi connectivity index (χ4n) is 2.02. The lowest BCUT2D eigenvalue weighted by Crippen LogP contribution is -1.85. The number of benzene rings is 2. The number of phenolic OH excluding ortho intramolecular Hbond substituents is 2. The summed E-state index contributed by atoms with van der Waals surface area (Å²) in [6.45, 7) is 4.13. The molecule has 0 aliphatic rings. The van der Waals surface area contributed by atoms with Gasteiger partial charge in [-0.15, -0.1) is 10.2 Å². The molecule has 0 saturated heterocycles. The second kappa shape index (κ2) is 6.18. The van der Waals surface area contributed by atoms with Crippen molar-refractivity contribution in [1.82, 2.24) is 10.2 Å². The quantitative estimate of drug-likeness (QED) is 0.564. The van der Waals surface area contributed by atoms with Crippen LogP contribution in [-0.4, -0.2) is 26.6 Å². The first-order chi connectivity index (χ1) is 11.0. The number of rotatable bonds is 3. The van der Waals surface area contributed by atoms with E-state index in [0.29, 0.717) is 15.7 Å². The molecule has 6 heteroatoms. The standard InChI is InChI=1S/C17H15N3O2S/c1-10-3-4-12(7-11(10)2)9-18-17-20-19-16(23-17)13-5-6-14(21)15(22)8-13/h3-9,21-22H,1-2H3. The highest BCUT2D eigenvalue weighted by Crippen LogP contribution is 2.33. The minimum atomic E-state index is -0.183. The van der Waals surface area contributed by atoms with E-state index in [1.54, 1.807) is 12.3 Å². The second-order valence-corrected chi connectivity index (χ2v) is 6.15. The number of phenols is 2. The Labute approximate surface area is 137 Å². The van der Waals surface area contributed by atoms with Gasteiger partial charge >= 0.3 is 0 Å². The Morgan fingerprint density at radius 3 is 2.52 bits per heavy atom. The molecule has 0 bridgehead atoms. The molecular weight excluding hydrogens is 310 g/mol. The van der Waals surface area contributed by atoms with Crippen molar-refractivity contribution >= 4 is 22.7 Å². The zero-order chi connectivity index (χ0) is 16.4. The van der Waals surface area contributed by atoms with Gasteiger partial charge in [0.1, 0.15) is 5.01 Å². The summed E-state index contributed by atoms with van der Waals surface area (Å²) < 4.78 is 0. The fourth-order valence-corrected chi connectivity index (χ4v) is 2.70. The summed E-state index contributed by atoms with van der Waals surface area (Å²) in [4.78, 5) is 4.34. The first-order valence-electron chi connectivity index (χ1n) is 7.00. The van der Waals surface area contributed by atoms with Crippen molar-refractivity contribution < 1.29 is 10.2 Å². The van der Waals surface area contributed by atoms with Gasteiger partial charge in [0.2, 0.25) is 5.13 Å². The van der Waals surface area contributed by atoms with Gasteiger partial charge in [-0.2, -0.15) is 0 Å². The van der Waals surface area contributed by atoms with E-state index in [9.17, 15) is 10.2 Å². The third-order valence-electron chi connectivity index (χ3n) is 3.49. The maximum Gasteiger partial charge on any atom is 0.231 e. The molecule has 0 saturated carbocycles. The number of aliphatic imine (C=N–C) groups is 1. The summed E-state index contributed by atoms with van der Waals surface area (Å²) in [6, 6.07) is 10.7. The van der Waals surface area contributed by atoms with Crippen molar-refractivity contribution in [2.45, 2.75) is 13.8 Å². The molecular formula is C17H15N3O2S. The molecule has 0 fully saturated rings. The molecule has 0 aliphatic heterocycles. The largest absolute Gasteiger partial charge is 0.504 e. The van der Waals surface area contributed by atoms with Crippen molar-refractivity contribution in [3.8, 4) is 22.1 Å². The molecule has 2 aromatic carbocycles. The molecule has 0 radical (unpaired) electrons. The Kier molecular flexibility index (Phi) is 4.08. The van der Waals surface area contributed by atoms with Gasteiger partial charge in [-0.05, 0) is 48.7 Å². The van der Waals surface area contributed by atoms with Crippen molar-refractivity contribution in [3.05, 3.63) is 53.1 Å². The van der Waals surface area contributed by atoms with Crippen LogP contribution in [0.3, 0.4) is 0 Å². The van der Waals surface area contributed by atoms with Crippen LogP contribution in [0.2, 0.25) is 0 Å². The Bertz CT molecular complexity index is 887.